The van der Waals surface area contributed by atoms with Crippen molar-refractivity contribution in [1.29, 1.82) is 0 Å². The molecule has 0 unspecified atom stereocenters. The lowest BCUT2D eigenvalue weighted by Gasteiger charge is -2.08. The molecule has 0 aliphatic heterocycles. The Morgan fingerprint density at radius 1 is 1.00 bits per heavy atom. The number of thiophene rings is 1. The Kier molecular flexibility index (Phi) is 13.5. The second kappa shape index (κ2) is 16.0. The monoisotopic (exact) mass is 645 g/mol. The number of hydrogen-bond donors (Lipinski definition) is 5. The highest BCUT2D eigenvalue weighted by Gasteiger charge is 2.18. The van der Waals surface area contributed by atoms with Crippen LogP contribution in [0, 0.1) is 0 Å². The fraction of sp³-hybridized carbons (Fsp3) is 0.182. The van der Waals surface area contributed by atoms with Gasteiger partial charge >= 0.3 is 12.3 Å². The van der Waals surface area contributed by atoms with E-state index >= 15 is 0 Å². The molecular formula is C22H24BrN5O9S2. The number of carboxylic acid groups (broad SMARTS) is 4. The Morgan fingerprint density at radius 3 is 2.00 bits per heavy atom. The van der Waals surface area contributed by atoms with E-state index in [1.165, 1.54) is 17.5 Å². The summed E-state index contributed by atoms with van der Waals surface area (Å²) in [4.78, 5) is 27.8. The zero-order valence-corrected chi connectivity index (χ0v) is 23.6. The molecule has 0 radical (unpaired) electrons. The number of anilines is 1. The molecule has 3 aromatic heterocycles. The molecule has 0 atom stereocenters. The van der Waals surface area contributed by atoms with Gasteiger partial charge in [-0.25, -0.2) is 23.0 Å². The number of nitrogens with zero attached hydrogens (tertiary/aromatic N) is 4. The van der Waals surface area contributed by atoms with Crippen LogP contribution in [0.4, 0.5) is 15.4 Å². The maximum Gasteiger partial charge on any atom is 0.503 e. The van der Waals surface area contributed by atoms with Gasteiger partial charge in [0.25, 0.3) is 5.89 Å². The summed E-state index contributed by atoms with van der Waals surface area (Å²) in [6.45, 7) is 3.32. The number of sulfone groups is 1. The minimum Gasteiger partial charge on any atom is -0.450 e. The first-order valence-corrected chi connectivity index (χ1v) is 13.9. The fourth-order valence-corrected chi connectivity index (χ4v) is 4.80. The maximum atomic E-state index is 12.0. The van der Waals surface area contributed by atoms with Gasteiger partial charge in [-0.3, -0.25) is 4.98 Å². The molecule has 1 aromatic carbocycles. The lowest BCUT2D eigenvalue weighted by atomic mass is 10.2. The highest BCUT2D eigenvalue weighted by molar-refractivity contribution is 9.08. The quantitative estimate of drug-likeness (QED) is 0.178. The summed E-state index contributed by atoms with van der Waals surface area (Å²) in [6.07, 6.45) is 0.693. The molecule has 4 rings (SSSR count). The van der Waals surface area contributed by atoms with E-state index in [-0.39, 0.29) is 0 Å². The Balaban J connectivity index is 0.000000322. The number of alkyl halides is 1. The first kappa shape index (κ1) is 32.9. The lowest BCUT2D eigenvalue weighted by molar-refractivity contribution is 0.135. The van der Waals surface area contributed by atoms with E-state index in [4.69, 9.17) is 40.2 Å². The van der Waals surface area contributed by atoms with Crippen LogP contribution in [0.5, 0.6) is 0 Å². The van der Waals surface area contributed by atoms with Crippen molar-refractivity contribution in [2.45, 2.75) is 29.3 Å². The molecular weight excluding hydrogens is 622 g/mol. The average molecular weight is 646 g/mol. The molecule has 3 heterocycles. The summed E-state index contributed by atoms with van der Waals surface area (Å²) in [5, 5.41) is 35.7. The lowest BCUT2D eigenvalue weighted by Crippen LogP contribution is -2.13. The summed E-state index contributed by atoms with van der Waals surface area (Å²) in [7, 11) is -3.24. The Labute approximate surface area is 234 Å². The molecule has 0 aliphatic carbocycles. The maximum absolute atomic E-state index is 12.0. The van der Waals surface area contributed by atoms with Gasteiger partial charge in [0.15, 0.2) is 9.84 Å². The smallest absolute Gasteiger partial charge is 0.450 e. The van der Waals surface area contributed by atoms with Crippen LogP contribution in [-0.2, 0) is 15.2 Å². The average Bonchev–Trinajstić information content (AvgIpc) is 3.56. The van der Waals surface area contributed by atoms with Crippen LogP contribution >= 0.6 is 27.3 Å². The van der Waals surface area contributed by atoms with Crippen molar-refractivity contribution < 1.29 is 42.9 Å². The number of nitrogen functional groups attached to an aromatic ring is 1. The minimum absolute atomic E-state index is 0.314. The summed E-state index contributed by atoms with van der Waals surface area (Å²) in [5.74, 6) is 0.940. The zero-order valence-electron chi connectivity index (χ0n) is 20.4. The van der Waals surface area contributed by atoms with E-state index in [0.717, 1.165) is 15.8 Å². The molecule has 0 bridgehead atoms. The Hall–Kier alpha value is -4.09. The van der Waals surface area contributed by atoms with Crippen molar-refractivity contribution in [2.24, 2.45) is 0 Å². The van der Waals surface area contributed by atoms with Gasteiger partial charge in [0.05, 0.1) is 33.1 Å². The molecule has 210 valence electrons. The molecule has 4 aromatic rings. The van der Waals surface area contributed by atoms with Crippen molar-refractivity contribution >= 4 is 55.2 Å². The molecule has 14 nitrogen and oxygen atoms in total. The largest absolute Gasteiger partial charge is 0.503 e. The first-order valence-electron chi connectivity index (χ1n) is 10.4. The topological polar surface area (TPSA) is 240 Å². The Morgan fingerprint density at radius 2 is 1.59 bits per heavy atom. The molecule has 39 heavy (non-hydrogen) atoms. The van der Waals surface area contributed by atoms with Gasteiger partial charge in [0, 0.05) is 15.8 Å². The van der Waals surface area contributed by atoms with Crippen molar-refractivity contribution in [3.8, 4) is 22.0 Å². The second-order valence-corrected chi connectivity index (χ2v) is 11.4. The van der Waals surface area contributed by atoms with E-state index in [2.05, 4.69) is 36.1 Å². The van der Waals surface area contributed by atoms with Gasteiger partial charge in [-0.2, -0.15) is 0 Å². The SMILES string of the molecule is BrCc1ccc(-c2nnco2)s1.CC(C)S(=O)(=O)c1ccc(-c2cnc(N)cn2)cc1.O=C(O)O.O=C(O)O. The van der Waals surface area contributed by atoms with Crippen molar-refractivity contribution in [2.75, 3.05) is 5.73 Å². The van der Waals surface area contributed by atoms with Crippen LogP contribution < -0.4 is 5.73 Å². The molecule has 17 heteroatoms. The second-order valence-electron chi connectivity index (χ2n) is 7.15. The molecule has 0 amide bonds. The summed E-state index contributed by atoms with van der Waals surface area (Å²) < 4.78 is 29.0. The molecule has 0 saturated carbocycles. The number of aromatic nitrogens is 4. The van der Waals surface area contributed by atoms with E-state index in [0.29, 0.717) is 22.3 Å². The van der Waals surface area contributed by atoms with E-state index in [1.807, 2.05) is 12.1 Å². The predicted octanol–water partition coefficient (Wildman–Crippen LogP) is 5.05. The van der Waals surface area contributed by atoms with Gasteiger partial charge in [-0.05, 0) is 38.1 Å². The number of halogens is 1. The van der Waals surface area contributed by atoms with Gasteiger partial charge in [0.2, 0.25) is 6.39 Å². The first-order chi connectivity index (χ1) is 18.3. The molecule has 0 spiro atoms. The van der Waals surface area contributed by atoms with Crippen LogP contribution in [0.25, 0.3) is 22.0 Å². The standard InChI is InChI=1S/C13H15N3O2S.C7H5BrN2OS.2CH2O3/c1-9(2)19(17,18)11-5-3-10(4-6-11)12-7-16-13(14)8-15-12;8-3-5-1-2-6(12-5)7-10-9-4-11-7;2*2-1(3)4/h3-9H,1-2H3,(H2,14,16);1-2,4H,3H2;2*(H2,2,3,4). The number of hydrogen-bond acceptors (Lipinski definition) is 11. The minimum atomic E-state index is -3.24. The van der Waals surface area contributed by atoms with Gasteiger partial charge in [-0.1, -0.05) is 28.1 Å². The number of nitrogens with two attached hydrogens (primary N) is 1. The predicted molar refractivity (Wildman–Crippen MR) is 146 cm³/mol. The summed E-state index contributed by atoms with van der Waals surface area (Å²) in [6, 6.07) is 10.6. The molecule has 0 aliphatic rings. The summed E-state index contributed by atoms with van der Waals surface area (Å²) >= 11 is 5.03. The van der Waals surface area contributed by atoms with Gasteiger partial charge in [0.1, 0.15) is 5.82 Å². The van der Waals surface area contributed by atoms with Crippen LogP contribution in [0.3, 0.4) is 0 Å². The molecule has 6 N–H and O–H groups in total. The van der Waals surface area contributed by atoms with E-state index in [9.17, 15) is 8.42 Å². The highest BCUT2D eigenvalue weighted by Crippen LogP contribution is 2.27. The van der Waals surface area contributed by atoms with Crippen molar-refractivity contribution in [1.82, 2.24) is 20.2 Å². The highest BCUT2D eigenvalue weighted by atomic mass is 79.9. The van der Waals surface area contributed by atoms with Crippen LogP contribution in [-0.4, -0.2) is 66.6 Å². The van der Waals surface area contributed by atoms with E-state index in [1.54, 1.807) is 55.6 Å². The fourth-order valence-electron chi connectivity index (χ4n) is 2.42. The third kappa shape index (κ3) is 11.9. The normalized spacial score (nSPS) is 10.2. The third-order valence-corrected chi connectivity index (χ3v) is 8.35. The molecule has 0 fully saturated rings. The Bertz CT molecular complexity index is 1390. The zero-order chi connectivity index (χ0) is 29.6. The number of rotatable bonds is 5. The number of benzene rings is 1. The van der Waals surface area contributed by atoms with Gasteiger partial charge in [-0.15, -0.1) is 21.5 Å². The van der Waals surface area contributed by atoms with Crippen molar-refractivity contribution in [3.05, 3.63) is 60.1 Å². The third-order valence-electron chi connectivity index (χ3n) is 4.14. The van der Waals surface area contributed by atoms with Crippen LogP contribution in [0.15, 0.2) is 64.5 Å². The number of carbonyl (C=O) groups is 2. The van der Waals surface area contributed by atoms with Crippen molar-refractivity contribution in [3.63, 3.8) is 0 Å². The van der Waals surface area contributed by atoms with Crippen LogP contribution in [0.1, 0.15) is 18.7 Å². The molecule has 0 saturated heterocycles. The summed E-state index contributed by atoms with van der Waals surface area (Å²) in [5.41, 5.74) is 6.92. The van der Waals surface area contributed by atoms with E-state index < -0.39 is 27.4 Å². The van der Waals surface area contributed by atoms with Crippen LogP contribution in [0.2, 0.25) is 0 Å². The van der Waals surface area contributed by atoms with Gasteiger partial charge < -0.3 is 30.6 Å².